The normalized spacial score (nSPS) is 13.9. The second-order valence-electron chi connectivity index (χ2n) is 7.03. The third kappa shape index (κ3) is 2.78. The van der Waals surface area contributed by atoms with E-state index in [9.17, 15) is 13.2 Å². The molecule has 1 amide bonds. The maximum Gasteiger partial charge on any atom is 0.262 e. The molecule has 2 aromatic rings. The summed E-state index contributed by atoms with van der Waals surface area (Å²) in [7, 11) is -2.00. The number of fused-ring (bicyclic) bond motifs is 1. The fourth-order valence-corrected chi connectivity index (χ4v) is 5.26. The lowest BCUT2D eigenvalue weighted by atomic mass is 9.95. The van der Waals surface area contributed by atoms with Gasteiger partial charge in [-0.1, -0.05) is 0 Å². The van der Waals surface area contributed by atoms with E-state index in [0.29, 0.717) is 17.0 Å². The standard InChI is InChI=1S/C20H24N2O3S/c1-11-12(2)14(4)20(15(5)13(11)3)26(24,25)21-17-7-8-18-16(9-17)10-19(23)22(18)6/h7-9,21H,10H2,1-6H3. The SMILES string of the molecule is Cc1c(C)c(C)c(S(=O)(=O)Nc2ccc3c(c2)CC(=O)N3C)c(C)c1C. The number of nitrogens with one attached hydrogen (secondary N) is 1. The van der Waals surface area contributed by atoms with Gasteiger partial charge in [-0.25, -0.2) is 8.42 Å². The van der Waals surface area contributed by atoms with Gasteiger partial charge in [-0.05, 0) is 86.2 Å². The maximum atomic E-state index is 13.1. The third-order valence-corrected chi connectivity index (χ3v) is 7.26. The minimum Gasteiger partial charge on any atom is -0.315 e. The lowest BCUT2D eigenvalue weighted by Gasteiger charge is -2.19. The molecule has 0 radical (unpaired) electrons. The Kier molecular flexibility index (Phi) is 4.35. The number of nitrogens with zero attached hydrogens (tertiary/aromatic N) is 1. The van der Waals surface area contributed by atoms with E-state index in [1.165, 1.54) is 0 Å². The molecule has 1 heterocycles. The fraction of sp³-hybridized carbons (Fsp3) is 0.350. The molecule has 0 saturated heterocycles. The number of benzene rings is 2. The van der Waals surface area contributed by atoms with Gasteiger partial charge in [0, 0.05) is 18.4 Å². The van der Waals surface area contributed by atoms with Crippen LogP contribution >= 0.6 is 0 Å². The van der Waals surface area contributed by atoms with Crippen LogP contribution in [0.4, 0.5) is 11.4 Å². The summed E-state index contributed by atoms with van der Waals surface area (Å²) in [6.45, 7) is 9.61. The van der Waals surface area contributed by atoms with Crippen molar-refractivity contribution in [3.05, 3.63) is 51.6 Å². The first-order valence-electron chi connectivity index (χ1n) is 8.54. The number of hydrogen-bond donors (Lipinski definition) is 1. The van der Waals surface area contributed by atoms with Crippen LogP contribution < -0.4 is 9.62 Å². The lowest BCUT2D eigenvalue weighted by molar-refractivity contribution is -0.117. The van der Waals surface area contributed by atoms with Crippen molar-refractivity contribution in [3.63, 3.8) is 0 Å². The smallest absolute Gasteiger partial charge is 0.262 e. The van der Waals surface area contributed by atoms with Gasteiger partial charge in [0.2, 0.25) is 5.91 Å². The second kappa shape index (κ2) is 6.13. The summed E-state index contributed by atoms with van der Waals surface area (Å²) in [6, 6.07) is 5.22. The molecule has 0 aliphatic carbocycles. The average Bonchev–Trinajstić information content (AvgIpc) is 2.84. The van der Waals surface area contributed by atoms with Crippen LogP contribution in [0.15, 0.2) is 23.1 Å². The number of carbonyl (C=O) groups is 1. The zero-order chi connectivity index (χ0) is 19.4. The highest BCUT2D eigenvalue weighted by Crippen LogP contribution is 2.33. The predicted molar refractivity (Wildman–Crippen MR) is 104 cm³/mol. The van der Waals surface area contributed by atoms with Gasteiger partial charge in [0.25, 0.3) is 10.0 Å². The molecular formula is C20H24N2O3S. The molecule has 6 heteroatoms. The van der Waals surface area contributed by atoms with Crippen molar-refractivity contribution in [2.45, 2.75) is 45.9 Å². The van der Waals surface area contributed by atoms with Crippen molar-refractivity contribution in [2.24, 2.45) is 0 Å². The van der Waals surface area contributed by atoms with Gasteiger partial charge in [0.05, 0.1) is 11.3 Å². The quantitative estimate of drug-likeness (QED) is 0.896. The van der Waals surface area contributed by atoms with E-state index in [1.54, 1.807) is 30.1 Å². The molecule has 0 bridgehead atoms. The van der Waals surface area contributed by atoms with E-state index >= 15 is 0 Å². The van der Waals surface area contributed by atoms with Gasteiger partial charge in [0.1, 0.15) is 0 Å². The minimum atomic E-state index is -3.73. The van der Waals surface area contributed by atoms with Gasteiger partial charge in [-0.15, -0.1) is 0 Å². The number of anilines is 2. The highest BCUT2D eigenvalue weighted by molar-refractivity contribution is 7.92. The van der Waals surface area contributed by atoms with Crippen LogP contribution in [0.1, 0.15) is 33.4 Å². The average molecular weight is 372 g/mol. The Balaban J connectivity index is 2.05. The zero-order valence-corrected chi connectivity index (χ0v) is 16.8. The van der Waals surface area contributed by atoms with Gasteiger partial charge in [0.15, 0.2) is 0 Å². The Bertz CT molecular complexity index is 1010. The molecule has 138 valence electrons. The highest BCUT2D eigenvalue weighted by atomic mass is 32.2. The second-order valence-corrected chi connectivity index (χ2v) is 8.65. The van der Waals surface area contributed by atoms with Gasteiger partial charge >= 0.3 is 0 Å². The molecular weight excluding hydrogens is 348 g/mol. The van der Waals surface area contributed by atoms with E-state index in [2.05, 4.69) is 4.72 Å². The lowest BCUT2D eigenvalue weighted by Crippen LogP contribution is -2.20. The summed E-state index contributed by atoms with van der Waals surface area (Å²) in [4.78, 5) is 13.8. The van der Waals surface area contributed by atoms with Crippen LogP contribution in [-0.2, 0) is 21.2 Å². The van der Waals surface area contributed by atoms with E-state index in [0.717, 1.165) is 39.1 Å². The highest BCUT2D eigenvalue weighted by Gasteiger charge is 2.26. The third-order valence-electron chi connectivity index (χ3n) is 5.61. The molecule has 0 aromatic heterocycles. The molecule has 1 aliphatic heterocycles. The van der Waals surface area contributed by atoms with Gasteiger partial charge < -0.3 is 4.90 Å². The molecule has 0 saturated carbocycles. The maximum absolute atomic E-state index is 13.1. The van der Waals surface area contributed by atoms with E-state index in [4.69, 9.17) is 0 Å². The molecule has 1 aliphatic rings. The Morgan fingerprint density at radius 1 is 0.923 bits per heavy atom. The molecule has 0 spiro atoms. The van der Waals surface area contributed by atoms with Crippen molar-refractivity contribution in [1.82, 2.24) is 0 Å². The van der Waals surface area contributed by atoms with Crippen LogP contribution in [-0.4, -0.2) is 21.4 Å². The molecule has 5 nitrogen and oxygen atoms in total. The summed E-state index contributed by atoms with van der Waals surface area (Å²) in [5.41, 5.74) is 6.79. The number of amides is 1. The zero-order valence-electron chi connectivity index (χ0n) is 16.0. The first kappa shape index (κ1) is 18.5. The summed E-state index contributed by atoms with van der Waals surface area (Å²) >= 11 is 0. The molecule has 1 N–H and O–H groups in total. The van der Waals surface area contributed by atoms with Crippen molar-refractivity contribution >= 4 is 27.3 Å². The molecule has 0 atom stereocenters. The van der Waals surface area contributed by atoms with Gasteiger partial charge in [-0.3, -0.25) is 9.52 Å². The molecule has 2 aromatic carbocycles. The Hall–Kier alpha value is -2.34. The number of likely N-dealkylation sites (N-methyl/N-ethyl adjacent to an activating group) is 1. The molecule has 3 rings (SSSR count). The van der Waals surface area contributed by atoms with Crippen LogP contribution in [0, 0.1) is 34.6 Å². The van der Waals surface area contributed by atoms with Gasteiger partial charge in [-0.2, -0.15) is 0 Å². The van der Waals surface area contributed by atoms with Crippen molar-refractivity contribution in [2.75, 3.05) is 16.7 Å². The summed E-state index contributed by atoms with van der Waals surface area (Å²) in [5.74, 6) is 0.0106. The largest absolute Gasteiger partial charge is 0.315 e. The molecule has 0 unspecified atom stereocenters. The Morgan fingerprint density at radius 2 is 1.46 bits per heavy atom. The monoisotopic (exact) mass is 372 g/mol. The number of rotatable bonds is 3. The van der Waals surface area contributed by atoms with Crippen molar-refractivity contribution < 1.29 is 13.2 Å². The van der Waals surface area contributed by atoms with E-state index < -0.39 is 10.0 Å². The van der Waals surface area contributed by atoms with Crippen LogP contribution in [0.5, 0.6) is 0 Å². The van der Waals surface area contributed by atoms with E-state index in [-0.39, 0.29) is 5.91 Å². The predicted octanol–water partition coefficient (Wildman–Crippen LogP) is 3.55. The van der Waals surface area contributed by atoms with Crippen molar-refractivity contribution in [1.29, 1.82) is 0 Å². The molecule has 26 heavy (non-hydrogen) atoms. The Morgan fingerprint density at radius 3 is 2.04 bits per heavy atom. The van der Waals surface area contributed by atoms with Crippen molar-refractivity contribution in [3.8, 4) is 0 Å². The van der Waals surface area contributed by atoms with Crippen LogP contribution in [0.25, 0.3) is 0 Å². The number of carbonyl (C=O) groups excluding carboxylic acids is 1. The molecule has 0 fully saturated rings. The summed E-state index contributed by atoms with van der Waals surface area (Å²) < 4.78 is 28.9. The summed E-state index contributed by atoms with van der Waals surface area (Å²) in [6.07, 6.45) is 0.294. The Labute approximate surface area is 155 Å². The summed E-state index contributed by atoms with van der Waals surface area (Å²) in [5, 5.41) is 0. The van der Waals surface area contributed by atoms with Crippen LogP contribution in [0.3, 0.4) is 0 Å². The topological polar surface area (TPSA) is 66.5 Å². The first-order chi connectivity index (χ1) is 12.0. The minimum absolute atomic E-state index is 0.0106. The number of hydrogen-bond acceptors (Lipinski definition) is 3. The van der Waals surface area contributed by atoms with Crippen LogP contribution in [0.2, 0.25) is 0 Å². The fourth-order valence-electron chi connectivity index (χ4n) is 3.61. The van der Waals surface area contributed by atoms with E-state index in [1.807, 2.05) is 34.6 Å². The first-order valence-corrected chi connectivity index (χ1v) is 10.0. The number of sulfonamides is 1.